The molecule has 0 saturated carbocycles. The third-order valence-corrected chi connectivity index (χ3v) is 11.7. The summed E-state index contributed by atoms with van der Waals surface area (Å²) in [6.45, 7) is 5.30. The fourth-order valence-electron chi connectivity index (χ4n) is 7.26. The van der Waals surface area contributed by atoms with Crippen LogP contribution in [0.15, 0.2) is 35.9 Å². The number of hydrogen-bond donors (Lipinski definition) is 5. The number of anilines is 1. The van der Waals surface area contributed by atoms with Crippen molar-refractivity contribution in [3.05, 3.63) is 46.5 Å². The molecular formula is C41H57ClN6O14. The highest BCUT2D eigenvalue weighted by Crippen LogP contribution is 2.49. The molecule has 5 amide bonds. The maximum Gasteiger partial charge on any atom is 0.409 e. The first kappa shape index (κ1) is 49.5. The van der Waals surface area contributed by atoms with Crippen LogP contribution in [0, 0.1) is 5.92 Å². The van der Waals surface area contributed by atoms with Crippen molar-refractivity contribution in [1.82, 2.24) is 20.9 Å². The van der Waals surface area contributed by atoms with Gasteiger partial charge in [-0.25, -0.2) is 15.5 Å². The summed E-state index contributed by atoms with van der Waals surface area (Å²) in [6, 6.07) is 2.26. The normalized spacial score (nSPS) is 28.1. The van der Waals surface area contributed by atoms with Gasteiger partial charge in [0.2, 0.25) is 23.6 Å². The Labute approximate surface area is 364 Å². The maximum atomic E-state index is 14.2. The predicted molar refractivity (Wildman–Crippen MR) is 221 cm³/mol. The van der Waals surface area contributed by atoms with Gasteiger partial charge in [0.1, 0.15) is 47.3 Å². The summed E-state index contributed by atoms with van der Waals surface area (Å²) in [6.07, 6.45) is -0.147. The average molecular weight is 893 g/mol. The zero-order valence-electron chi connectivity index (χ0n) is 36.1. The minimum atomic E-state index is -1.89. The molecule has 6 N–H and O–H groups in total. The number of hydrogen-bond acceptors (Lipinski definition) is 15. The molecule has 0 aliphatic carbocycles. The molecule has 21 heteroatoms. The lowest BCUT2D eigenvalue weighted by Gasteiger charge is -2.42. The summed E-state index contributed by atoms with van der Waals surface area (Å²) in [5, 5.41) is 19.1. The van der Waals surface area contributed by atoms with E-state index in [0.717, 1.165) is 16.0 Å². The number of Topliss-reactive ketones (excluding diaryl/α,β-unsaturated/α-hetero) is 1. The van der Waals surface area contributed by atoms with Crippen molar-refractivity contribution < 1.29 is 67.2 Å². The molecule has 3 heterocycles. The van der Waals surface area contributed by atoms with Crippen LogP contribution in [0.1, 0.15) is 58.9 Å². The average Bonchev–Trinajstić information content (AvgIpc) is 3.93. The van der Waals surface area contributed by atoms with Gasteiger partial charge < -0.3 is 49.2 Å². The van der Waals surface area contributed by atoms with E-state index in [4.69, 9.17) is 41.2 Å². The Kier molecular flexibility index (Phi) is 17.0. The molecule has 1 aromatic rings. The monoisotopic (exact) mass is 892 g/mol. The molecule has 4 bridgehead atoms. The number of nitrogens with zero attached hydrogens (tertiary/aromatic N) is 2. The number of benzene rings is 1. The molecule has 3 aliphatic rings. The number of likely N-dealkylation sites (N-methyl/N-ethyl adjacent to an activating group) is 1. The number of aliphatic hydroxyl groups is 1. The Balaban J connectivity index is 1.57. The highest BCUT2D eigenvalue weighted by Gasteiger charge is 2.64. The summed E-state index contributed by atoms with van der Waals surface area (Å²) >= 11 is 6.76. The number of ketones is 1. The first-order valence-electron chi connectivity index (χ1n) is 19.9. The molecule has 8 unspecified atom stereocenters. The number of epoxide rings is 1. The van der Waals surface area contributed by atoms with Crippen molar-refractivity contribution in [2.24, 2.45) is 11.8 Å². The first-order valence-corrected chi connectivity index (χ1v) is 20.3. The van der Waals surface area contributed by atoms with Crippen LogP contribution in [0.3, 0.4) is 0 Å². The van der Waals surface area contributed by atoms with Gasteiger partial charge in [0.15, 0.2) is 11.5 Å². The summed E-state index contributed by atoms with van der Waals surface area (Å²) < 4.78 is 29.1. The van der Waals surface area contributed by atoms with E-state index in [1.165, 1.54) is 40.1 Å². The highest BCUT2D eigenvalue weighted by molar-refractivity contribution is 6.35. The lowest BCUT2D eigenvalue weighted by atomic mass is 9.83. The standard InChI is InChI=1S/C41H57ClN6O14/c1-22-10-9-11-30(58-8)41(56)18-29(60-39(55)46-41)23(2)37-40(4,62-37)31(17-34(52)48(6)27-15-25(14-22)16-28(57-7)36(27)42)61-38(54)24(3)47(5)35(53)20-45-33(51)19-44-32(50)13-12-26(49)21-59-43/h9-11,15-16,23-24,29-31,37,56H,12-14,17-21,43H2,1-8H3,(H,44,50)(H,45,51)(H,46,55)/b11-9+,22-10+. The van der Waals surface area contributed by atoms with Crippen LogP contribution >= 0.6 is 11.6 Å². The molecule has 20 nitrogen and oxygen atoms in total. The number of rotatable bonds is 14. The van der Waals surface area contributed by atoms with Gasteiger partial charge in [0.05, 0.1) is 38.4 Å². The number of nitrogens with one attached hydrogen (secondary N) is 3. The molecule has 4 rings (SSSR count). The van der Waals surface area contributed by atoms with E-state index >= 15 is 0 Å². The van der Waals surface area contributed by atoms with E-state index in [-0.39, 0.29) is 30.9 Å². The molecule has 0 aromatic heterocycles. The third kappa shape index (κ3) is 12.3. The molecule has 2 fully saturated rings. The van der Waals surface area contributed by atoms with E-state index in [1.807, 2.05) is 13.0 Å². The van der Waals surface area contributed by atoms with Crippen molar-refractivity contribution in [3.8, 4) is 5.75 Å². The van der Waals surface area contributed by atoms with Crippen LogP contribution in [0.25, 0.3) is 0 Å². The van der Waals surface area contributed by atoms with Crippen molar-refractivity contribution >= 4 is 58.8 Å². The lowest BCUT2D eigenvalue weighted by Crippen LogP contribution is -2.63. The van der Waals surface area contributed by atoms with E-state index in [1.54, 1.807) is 38.1 Å². The Morgan fingerprint density at radius 1 is 1.13 bits per heavy atom. The molecule has 0 radical (unpaired) electrons. The molecule has 3 aliphatic heterocycles. The van der Waals surface area contributed by atoms with E-state index < -0.39 is 109 Å². The summed E-state index contributed by atoms with van der Waals surface area (Å²) in [7, 11) is 5.69. The Morgan fingerprint density at radius 3 is 2.48 bits per heavy atom. The number of methoxy groups -OCH3 is 2. The third-order valence-electron chi connectivity index (χ3n) is 11.3. The van der Waals surface area contributed by atoms with Crippen molar-refractivity contribution in [3.63, 3.8) is 0 Å². The summed E-state index contributed by atoms with van der Waals surface area (Å²) in [5.74, 6) is 0.752. The van der Waals surface area contributed by atoms with Crippen LogP contribution in [-0.2, 0) is 59.0 Å². The van der Waals surface area contributed by atoms with Crippen LogP contribution in [0.5, 0.6) is 5.75 Å². The number of ether oxygens (including phenoxy) is 5. The van der Waals surface area contributed by atoms with Crippen molar-refractivity contribution in [1.29, 1.82) is 0 Å². The first-order chi connectivity index (χ1) is 29.2. The minimum Gasteiger partial charge on any atom is -0.495 e. The van der Waals surface area contributed by atoms with Gasteiger partial charge in [0, 0.05) is 46.4 Å². The fraction of sp³-hybridized carbons (Fsp3) is 0.585. The number of fused-ring (bicyclic) bond motifs is 5. The van der Waals surface area contributed by atoms with Gasteiger partial charge in [-0.15, -0.1) is 0 Å². The van der Waals surface area contributed by atoms with E-state index in [2.05, 4.69) is 20.8 Å². The number of halogens is 1. The van der Waals surface area contributed by atoms with Crippen LogP contribution in [0.2, 0.25) is 5.02 Å². The Bertz CT molecular complexity index is 1950. The van der Waals surface area contributed by atoms with E-state index in [0.29, 0.717) is 17.9 Å². The van der Waals surface area contributed by atoms with Crippen molar-refractivity contribution in [2.75, 3.05) is 52.9 Å². The molecule has 2 saturated heterocycles. The van der Waals surface area contributed by atoms with Crippen LogP contribution < -0.4 is 31.5 Å². The zero-order chi connectivity index (χ0) is 46.1. The molecule has 0 spiro atoms. The topological polar surface area (TPSA) is 267 Å². The van der Waals surface area contributed by atoms with Crippen LogP contribution in [-0.4, -0.2) is 141 Å². The van der Waals surface area contributed by atoms with E-state index in [9.17, 15) is 38.7 Å². The van der Waals surface area contributed by atoms with Gasteiger partial charge in [-0.2, -0.15) is 0 Å². The number of amides is 5. The minimum absolute atomic E-state index is 0.115. The molecule has 1 aromatic carbocycles. The number of esters is 1. The van der Waals surface area contributed by atoms with Gasteiger partial charge in [0.25, 0.3) is 0 Å². The number of allylic oxidation sites excluding steroid dienone is 3. The van der Waals surface area contributed by atoms with Crippen molar-refractivity contribution in [2.45, 2.75) is 102 Å². The summed E-state index contributed by atoms with van der Waals surface area (Å²) in [4.78, 5) is 96.6. The Hall–Kier alpha value is -5.12. The predicted octanol–water partition coefficient (Wildman–Crippen LogP) is 0.987. The van der Waals surface area contributed by atoms with Gasteiger partial charge in [-0.1, -0.05) is 42.3 Å². The molecule has 342 valence electrons. The van der Waals surface area contributed by atoms with Gasteiger partial charge >= 0.3 is 12.1 Å². The fourth-order valence-corrected chi connectivity index (χ4v) is 7.58. The molecular weight excluding hydrogens is 836 g/mol. The quantitative estimate of drug-likeness (QED) is 0.0991. The second-order valence-corrected chi connectivity index (χ2v) is 16.2. The zero-order valence-corrected chi connectivity index (χ0v) is 36.9. The number of nitrogens with two attached hydrogens (primary N) is 1. The SMILES string of the molecule is COc1cc2cc(c1Cl)N(C)C(=O)CC(OC(=O)C(C)N(C)C(=O)CNC(=O)CNC(=O)CCC(=O)CON)C1(C)OC1C(C)C1CC(O)(NC(=O)O1)C(OC)/C=C/C=C(\C)C2. The molecule has 8 atom stereocenters. The smallest absolute Gasteiger partial charge is 0.409 e. The summed E-state index contributed by atoms with van der Waals surface area (Å²) in [5.41, 5.74) is -1.26. The second kappa shape index (κ2) is 21.3. The lowest BCUT2D eigenvalue weighted by molar-refractivity contribution is -0.161. The largest absolute Gasteiger partial charge is 0.495 e. The maximum absolute atomic E-state index is 14.2. The van der Waals surface area contributed by atoms with Gasteiger partial charge in [-0.3, -0.25) is 34.1 Å². The Morgan fingerprint density at radius 2 is 1.82 bits per heavy atom. The van der Waals surface area contributed by atoms with Crippen LogP contribution in [0.4, 0.5) is 10.5 Å². The number of alkyl carbamates (subject to hydrolysis) is 1. The number of carbonyl (C=O) groups is 7. The second-order valence-electron chi connectivity index (χ2n) is 15.8. The highest BCUT2D eigenvalue weighted by atomic mass is 35.5. The number of carbonyl (C=O) groups excluding carboxylic acids is 7. The van der Waals surface area contributed by atoms with Gasteiger partial charge in [-0.05, 0) is 44.9 Å². The molecule has 62 heavy (non-hydrogen) atoms.